The number of nitrogens with zero attached hydrogens (tertiary/aromatic N) is 2. The number of hydrogen-bond acceptors (Lipinski definition) is 3. The van der Waals surface area contributed by atoms with Crippen LogP contribution < -0.4 is 16.6 Å². The van der Waals surface area contributed by atoms with E-state index in [1.807, 2.05) is 19.1 Å². The van der Waals surface area contributed by atoms with Crippen LogP contribution in [0.15, 0.2) is 56.5 Å². The molecule has 1 heterocycles. The fourth-order valence-electron chi connectivity index (χ4n) is 2.86. The second-order valence-electron chi connectivity index (χ2n) is 5.97. The molecule has 0 saturated heterocycles. The van der Waals surface area contributed by atoms with E-state index in [0.717, 1.165) is 14.6 Å². The van der Waals surface area contributed by atoms with Crippen molar-refractivity contribution in [1.82, 2.24) is 9.13 Å². The number of aromatic nitrogens is 2. The molecule has 134 valence electrons. The molecule has 0 saturated carbocycles. The van der Waals surface area contributed by atoms with Crippen molar-refractivity contribution in [2.24, 2.45) is 0 Å². The third-order valence-electron chi connectivity index (χ3n) is 4.15. The molecule has 0 atom stereocenters. The van der Waals surface area contributed by atoms with Gasteiger partial charge in [-0.1, -0.05) is 18.2 Å². The van der Waals surface area contributed by atoms with Crippen molar-refractivity contribution < 1.29 is 4.79 Å². The number of nitrogens with one attached hydrogen (secondary N) is 1. The first-order valence-corrected chi connectivity index (χ1v) is 9.00. The Bertz CT molecular complexity index is 1120. The summed E-state index contributed by atoms with van der Waals surface area (Å²) < 4.78 is 3.23. The monoisotopic (exact) mass is 415 g/mol. The predicted octanol–water partition coefficient (Wildman–Crippen LogP) is 2.89. The van der Waals surface area contributed by atoms with Crippen LogP contribution in [0, 0.1) is 6.92 Å². The van der Waals surface area contributed by atoms with E-state index >= 15 is 0 Å². The number of aryl methyl sites for hydroxylation is 1. The van der Waals surface area contributed by atoms with Crippen molar-refractivity contribution in [1.29, 1.82) is 0 Å². The molecule has 0 bridgehead atoms. The molecule has 6 nitrogen and oxygen atoms in total. The first kappa shape index (κ1) is 18.1. The quantitative estimate of drug-likeness (QED) is 0.711. The molecule has 2 aromatic carbocycles. The molecule has 1 N–H and O–H groups in total. The van der Waals surface area contributed by atoms with Gasteiger partial charge in [-0.05, 0) is 59.6 Å². The molecular weight excluding hydrogens is 398 g/mol. The highest BCUT2D eigenvalue weighted by atomic mass is 79.9. The molecule has 7 heteroatoms. The number of hydrogen-bond donors (Lipinski definition) is 1. The molecule has 1 amide bonds. The minimum absolute atomic E-state index is 0.181. The summed E-state index contributed by atoms with van der Waals surface area (Å²) in [6, 6.07) is 12.4. The predicted molar refractivity (Wildman–Crippen MR) is 106 cm³/mol. The second-order valence-corrected chi connectivity index (χ2v) is 6.82. The third kappa shape index (κ3) is 3.35. The number of fused-ring (bicyclic) bond motifs is 1. The maximum absolute atomic E-state index is 12.7. The number of carbonyl (C=O) groups excluding carboxylic acids is 1. The van der Waals surface area contributed by atoms with Crippen molar-refractivity contribution in [2.45, 2.75) is 26.9 Å². The van der Waals surface area contributed by atoms with Gasteiger partial charge in [0.2, 0.25) is 5.91 Å². The zero-order chi connectivity index (χ0) is 18.8. The van der Waals surface area contributed by atoms with Gasteiger partial charge in [0.25, 0.3) is 5.56 Å². The van der Waals surface area contributed by atoms with Crippen LogP contribution in [-0.2, 0) is 17.9 Å². The van der Waals surface area contributed by atoms with Gasteiger partial charge in [0.15, 0.2) is 0 Å². The highest BCUT2D eigenvalue weighted by Crippen LogP contribution is 2.23. The molecule has 1 aromatic heterocycles. The van der Waals surface area contributed by atoms with Gasteiger partial charge < -0.3 is 5.32 Å². The number of para-hydroxylation sites is 1. The Morgan fingerprint density at radius 1 is 1.12 bits per heavy atom. The Hall–Kier alpha value is -2.67. The lowest BCUT2D eigenvalue weighted by molar-refractivity contribution is -0.116. The fourth-order valence-corrected chi connectivity index (χ4v) is 3.45. The van der Waals surface area contributed by atoms with Gasteiger partial charge in [0.05, 0.1) is 16.6 Å². The standard InChI is InChI=1S/C19H18BrN3O3/c1-3-22-18(25)13-6-4-5-7-16(13)23(19(22)26)11-17(24)21-15-9-8-12(2)10-14(15)20/h4-10H,3,11H2,1-2H3,(H,21,24). The van der Waals surface area contributed by atoms with E-state index < -0.39 is 5.69 Å². The highest BCUT2D eigenvalue weighted by molar-refractivity contribution is 9.10. The summed E-state index contributed by atoms with van der Waals surface area (Å²) in [7, 11) is 0. The van der Waals surface area contributed by atoms with E-state index in [4.69, 9.17) is 0 Å². The Morgan fingerprint density at radius 3 is 2.54 bits per heavy atom. The van der Waals surface area contributed by atoms with Crippen LogP contribution in [0.1, 0.15) is 12.5 Å². The van der Waals surface area contributed by atoms with Gasteiger partial charge in [0.1, 0.15) is 6.54 Å². The van der Waals surface area contributed by atoms with E-state index in [1.54, 1.807) is 37.3 Å². The number of carbonyl (C=O) groups is 1. The largest absolute Gasteiger partial charge is 0.331 e. The topological polar surface area (TPSA) is 73.1 Å². The summed E-state index contributed by atoms with van der Waals surface area (Å²) in [5, 5.41) is 3.21. The van der Waals surface area contributed by atoms with E-state index in [2.05, 4.69) is 21.2 Å². The van der Waals surface area contributed by atoms with Gasteiger partial charge >= 0.3 is 5.69 Å². The van der Waals surface area contributed by atoms with Crippen LogP contribution in [0.5, 0.6) is 0 Å². The van der Waals surface area contributed by atoms with Gasteiger partial charge in [-0.15, -0.1) is 0 Å². The molecular formula is C19H18BrN3O3. The smallest absolute Gasteiger partial charge is 0.324 e. The molecule has 0 aliphatic heterocycles. The molecule has 3 rings (SSSR count). The summed E-state index contributed by atoms with van der Waals surface area (Å²) in [5.41, 5.74) is 1.31. The van der Waals surface area contributed by atoms with E-state index in [1.165, 1.54) is 4.57 Å². The zero-order valence-corrected chi connectivity index (χ0v) is 16.0. The minimum atomic E-state index is -0.491. The second kappa shape index (κ2) is 7.29. The van der Waals surface area contributed by atoms with Gasteiger partial charge in [0, 0.05) is 11.0 Å². The Kier molecular flexibility index (Phi) is 5.08. The maximum Gasteiger partial charge on any atom is 0.331 e. The fraction of sp³-hybridized carbons (Fsp3) is 0.211. The first-order valence-electron chi connectivity index (χ1n) is 8.20. The third-order valence-corrected chi connectivity index (χ3v) is 4.80. The Balaban J connectivity index is 2.02. The molecule has 0 aliphatic carbocycles. The Morgan fingerprint density at radius 2 is 1.85 bits per heavy atom. The maximum atomic E-state index is 12.7. The Labute approximate surface area is 158 Å². The summed E-state index contributed by atoms with van der Waals surface area (Å²) in [4.78, 5) is 37.6. The van der Waals surface area contributed by atoms with Crippen LogP contribution in [0.25, 0.3) is 10.9 Å². The van der Waals surface area contributed by atoms with Crippen molar-refractivity contribution in [2.75, 3.05) is 5.32 Å². The number of halogens is 1. The zero-order valence-electron chi connectivity index (χ0n) is 14.5. The molecule has 0 spiro atoms. The molecule has 0 fully saturated rings. The molecule has 3 aromatic rings. The van der Waals surface area contributed by atoms with Crippen molar-refractivity contribution in [3.63, 3.8) is 0 Å². The number of rotatable bonds is 4. The average molecular weight is 416 g/mol. The van der Waals surface area contributed by atoms with Crippen molar-refractivity contribution >= 4 is 38.4 Å². The summed E-state index contributed by atoms with van der Waals surface area (Å²) in [5.74, 6) is -0.344. The average Bonchev–Trinajstić information content (AvgIpc) is 2.61. The van der Waals surface area contributed by atoms with E-state index in [9.17, 15) is 14.4 Å². The SMILES string of the molecule is CCn1c(=O)c2ccccc2n(CC(=O)Nc2ccc(C)cc2Br)c1=O. The number of benzene rings is 2. The lowest BCUT2D eigenvalue weighted by Gasteiger charge is -2.14. The van der Waals surface area contributed by atoms with Crippen LogP contribution in [-0.4, -0.2) is 15.0 Å². The van der Waals surface area contributed by atoms with Crippen molar-refractivity contribution in [3.05, 3.63) is 73.3 Å². The van der Waals surface area contributed by atoms with Crippen LogP contribution in [0.2, 0.25) is 0 Å². The summed E-state index contributed by atoms with van der Waals surface area (Å²) in [6.07, 6.45) is 0. The van der Waals surface area contributed by atoms with Crippen LogP contribution in [0.3, 0.4) is 0 Å². The van der Waals surface area contributed by atoms with Crippen molar-refractivity contribution in [3.8, 4) is 0 Å². The van der Waals surface area contributed by atoms with Gasteiger partial charge in [-0.25, -0.2) is 4.79 Å². The summed E-state index contributed by atoms with van der Waals surface area (Å²) >= 11 is 3.42. The highest BCUT2D eigenvalue weighted by Gasteiger charge is 2.15. The lowest BCUT2D eigenvalue weighted by atomic mass is 10.2. The van der Waals surface area contributed by atoms with E-state index in [-0.39, 0.29) is 24.6 Å². The first-order chi connectivity index (χ1) is 12.4. The molecule has 0 unspecified atom stereocenters. The normalized spacial score (nSPS) is 10.9. The van der Waals surface area contributed by atoms with Gasteiger partial charge in [-0.3, -0.25) is 18.7 Å². The number of amides is 1. The summed E-state index contributed by atoms with van der Waals surface area (Å²) in [6.45, 7) is 3.75. The lowest BCUT2D eigenvalue weighted by Crippen LogP contribution is -2.41. The van der Waals surface area contributed by atoms with E-state index in [0.29, 0.717) is 16.6 Å². The van der Waals surface area contributed by atoms with Crippen LogP contribution in [0.4, 0.5) is 5.69 Å². The molecule has 26 heavy (non-hydrogen) atoms. The van der Waals surface area contributed by atoms with Gasteiger partial charge in [-0.2, -0.15) is 0 Å². The molecule has 0 aliphatic rings. The number of anilines is 1. The van der Waals surface area contributed by atoms with Crippen LogP contribution >= 0.6 is 15.9 Å². The minimum Gasteiger partial charge on any atom is -0.324 e. The molecule has 0 radical (unpaired) electrons.